The second-order valence-electron chi connectivity index (χ2n) is 2.51. The quantitative estimate of drug-likeness (QED) is 0.758. The molecular weight excluding hydrogens is 194 g/mol. The molecule has 0 aliphatic heterocycles. The van der Waals surface area contributed by atoms with E-state index in [1.54, 1.807) is 6.92 Å². The molecule has 0 amide bonds. The summed E-state index contributed by atoms with van der Waals surface area (Å²) in [4.78, 5) is 23.8. The number of H-pyrrole nitrogens is 1. The predicted molar refractivity (Wildman–Crippen MR) is 48.4 cm³/mol. The average molecular weight is 202 g/mol. The van der Waals surface area contributed by atoms with Gasteiger partial charge < -0.3 is 10.1 Å². The maximum atomic E-state index is 11.0. The minimum Gasteiger partial charge on any atom is -0.477 e. The molecule has 1 aromatic rings. The van der Waals surface area contributed by atoms with Crippen molar-refractivity contribution in [2.75, 3.05) is 0 Å². The topological polar surface area (TPSA) is 70.2 Å². The second kappa shape index (κ2) is 3.62. The van der Waals surface area contributed by atoms with E-state index < -0.39 is 11.5 Å². The number of carboxylic acid groups (broad SMARTS) is 1. The number of pyridine rings is 1. The predicted octanol–water partition coefficient (Wildman–Crippen LogP) is 1.29. The third-order valence-corrected chi connectivity index (χ3v) is 1.95. The third kappa shape index (κ3) is 1.89. The van der Waals surface area contributed by atoms with Crippen LogP contribution in [-0.4, -0.2) is 16.1 Å². The Morgan fingerprint density at radius 1 is 1.69 bits per heavy atom. The lowest BCUT2D eigenvalue weighted by Crippen LogP contribution is -2.15. The number of aromatic amines is 1. The Morgan fingerprint density at radius 2 is 2.31 bits per heavy atom. The largest absolute Gasteiger partial charge is 0.477 e. The summed E-state index contributed by atoms with van der Waals surface area (Å²) in [5.41, 5.74) is -0.134. The van der Waals surface area contributed by atoms with Gasteiger partial charge in [-0.1, -0.05) is 18.5 Å². The van der Waals surface area contributed by atoms with Crippen LogP contribution in [0.5, 0.6) is 0 Å². The number of hydrogen-bond donors (Lipinski definition) is 2. The second-order valence-corrected chi connectivity index (χ2v) is 2.91. The van der Waals surface area contributed by atoms with Gasteiger partial charge in [0.15, 0.2) is 0 Å². The molecule has 1 aromatic heterocycles. The van der Waals surface area contributed by atoms with Crippen molar-refractivity contribution in [2.24, 2.45) is 0 Å². The smallest absolute Gasteiger partial charge is 0.352 e. The van der Waals surface area contributed by atoms with E-state index in [0.29, 0.717) is 12.0 Å². The molecule has 5 heteroatoms. The Labute approximate surface area is 79.2 Å². The number of hydrogen-bond acceptors (Lipinski definition) is 2. The number of aromatic nitrogens is 1. The van der Waals surface area contributed by atoms with E-state index in [9.17, 15) is 9.59 Å². The molecule has 0 unspecified atom stereocenters. The van der Waals surface area contributed by atoms with Crippen LogP contribution in [-0.2, 0) is 6.42 Å². The van der Waals surface area contributed by atoms with E-state index in [4.69, 9.17) is 16.7 Å². The average Bonchev–Trinajstić information content (AvgIpc) is 2.08. The summed E-state index contributed by atoms with van der Waals surface area (Å²) in [6.45, 7) is 1.79. The van der Waals surface area contributed by atoms with Gasteiger partial charge >= 0.3 is 5.97 Å². The Bertz CT molecular complexity index is 397. The highest BCUT2D eigenvalue weighted by Gasteiger charge is 2.11. The monoisotopic (exact) mass is 201 g/mol. The van der Waals surface area contributed by atoms with Crippen molar-refractivity contribution in [1.29, 1.82) is 0 Å². The summed E-state index contributed by atoms with van der Waals surface area (Å²) < 4.78 is 0. The molecule has 4 nitrogen and oxygen atoms in total. The first-order valence-corrected chi connectivity index (χ1v) is 4.09. The molecule has 0 spiro atoms. The van der Waals surface area contributed by atoms with E-state index in [2.05, 4.69) is 4.98 Å². The SMILES string of the molecule is CCc1cc(Cl)c(=O)[nH]c1C(=O)O. The Balaban J connectivity index is 3.42. The molecular formula is C8H8ClNO3. The number of aromatic carboxylic acids is 1. The number of carbonyl (C=O) groups is 1. The van der Waals surface area contributed by atoms with Crippen LogP contribution in [0.1, 0.15) is 23.0 Å². The van der Waals surface area contributed by atoms with Crippen LogP contribution >= 0.6 is 11.6 Å². The van der Waals surface area contributed by atoms with Crippen LogP contribution in [0.25, 0.3) is 0 Å². The first kappa shape index (κ1) is 9.80. The van der Waals surface area contributed by atoms with Crippen molar-refractivity contribution in [3.8, 4) is 0 Å². The standard InChI is InChI=1S/C8H8ClNO3/c1-2-4-3-5(9)7(11)10-6(4)8(12)13/h3H,2H2,1H3,(H,10,11)(H,12,13). The fraction of sp³-hybridized carbons (Fsp3) is 0.250. The zero-order valence-corrected chi connectivity index (χ0v) is 7.68. The highest BCUT2D eigenvalue weighted by molar-refractivity contribution is 6.30. The highest BCUT2D eigenvalue weighted by Crippen LogP contribution is 2.09. The summed E-state index contributed by atoms with van der Waals surface area (Å²) >= 11 is 5.53. The van der Waals surface area contributed by atoms with Crippen LogP contribution in [0.3, 0.4) is 0 Å². The third-order valence-electron chi connectivity index (χ3n) is 1.67. The maximum Gasteiger partial charge on any atom is 0.352 e. The van der Waals surface area contributed by atoms with Crippen LogP contribution in [0.4, 0.5) is 0 Å². The van der Waals surface area contributed by atoms with Crippen LogP contribution in [0, 0.1) is 0 Å². The zero-order chi connectivity index (χ0) is 10.0. The lowest BCUT2D eigenvalue weighted by atomic mass is 10.1. The summed E-state index contributed by atoms with van der Waals surface area (Å²) in [7, 11) is 0. The van der Waals surface area contributed by atoms with E-state index in [1.807, 2.05) is 0 Å². The lowest BCUT2D eigenvalue weighted by molar-refractivity contribution is 0.0689. The summed E-state index contributed by atoms with van der Waals surface area (Å²) in [6, 6.07) is 1.38. The lowest BCUT2D eigenvalue weighted by Gasteiger charge is -2.02. The maximum absolute atomic E-state index is 11.0. The molecule has 0 aliphatic rings. The van der Waals surface area contributed by atoms with Crippen LogP contribution < -0.4 is 5.56 Å². The summed E-state index contributed by atoms with van der Waals surface area (Å²) in [5.74, 6) is -1.15. The van der Waals surface area contributed by atoms with Gasteiger partial charge in [0.05, 0.1) is 0 Å². The normalized spacial score (nSPS) is 10.0. The van der Waals surface area contributed by atoms with Gasteiger partial charge in [0, 0.05) is 0 Å². The fourth-order valence-corrected chi connectivity index (χ4v) is 1.19. The molecule has 0 aliphatic carbocycles. The Morgan fingerprint density at radius 3 is 2.77 bits per heavy atom. The number of halogens is 1. The highest BCUT2D eigenvalue weighted by atomic mass is 35.5. The molecule has 0 atom stereocenters. The molecule has 70 valence electrons. The van der Waals surface area contributed by atoms with Crippen molar-refractivity contribution >= 4 is 17.6 Å². The minimum atomic E-state index is -1.15. The van der Waals surface area contributed by atoms with Crippen molar-refractivity contribution in [3.63, 3.8) is 0 Å². The molecule has 13 heavy (non-hydrogen) atoms. The molecule has 0 saturated heterocycles. The van der Waals surface area contributed by atoms with Gasteiger partial charge in [-0.15, -0.1) is 0 Å². The van der Waals surface area contributed by atoms with Crippen LogP contribution in [0.15, 0.2) is 10.9 Å². The van der Waals surface area contributed by atoms with Gasteiger partial charge in [-0.25, -0.2) is 4.79 Å². The number of aryl methyl sites for hydroxylation is 1. The van der Waals surface area contributed by atoms with Crippen molar-refractivity contribution in [1.82, 2.24) is 4.98 Å². The van der Waals surface area contributed by atoms with Gasteiger partial charge in [0.1, 0.15) is 10.7 Å². The molecule has 0 saturated carbocycles. The van der Waals surface area contributed by atoms with E-state index in [1.165, 1.54) is 6.07 Å². The number of carboxylic acids is 1. The summed E-state index contributed by atoms with van der Waals surface area (Å²) in [6.07, 6.45) is 0.512. The molecule has 0 aromatic carbocycles. The van der Waals surface area contributed by atoms with E-state index >= 15 is 0 Å². The molecule has 0 fully saturated rings. The van der Waals surface area contributed by atoms with Crippen molar-refractivity contribution in [3.05, 3.63) is 32.7 Å². The first-order valence-electron chi connectivity index (χ1n) is 3.71. The number of rotatable bonds is 2. The Hall–Kier alpha value is -1.29. The van der Waals surface area contributed by atoms with Gasteiger partial charge in [-0.05, 0) is 18.1 Å². The van der Waals surface area contributed by atoms with Crippen molar-refractivity contribution < 1.29 is 9.90 Å². The molecule has 1 heterocycles. The van der Waals surface area contributed by atoms with E-state index in [-0.39, 0.29) is 10.7 Å². The molecule has 0 radical (unpaired) electrons. The van der Waals surface area contributed by atoms with Crippen molar-refractivity contribution in [2.45, 2.75) is 13.3 Å². The summed E-state index contributed by atoms with van der Waals surface area (Å²) in [5, 5.41) is 8.71. The first-order chi connectivity index (χ1) is 6.06. The number of nitrogens with one attached hydrogen (secondary N) is 1. The van der Waals surface area contributed by atoms with Gasteiger partial charge in [-0.3, -0.25) is 4.79 Å². The van der Waals surface area contributed by atoms with Gasteiger partial charge in [0.2, 0.25) is 0 Å². The molecule has 1 rings (SSSR count). The van der Waals surface area contributed by atoms with Gasteiger partial charge in [0.25, 0.3) is 5.56 Å². The Kier molecular flexibility index (Phi) is 2.72. The fourth-order valence-electron chi connectivity index (χ4n) is 1.01. The zero-order valence-electron chi connectivity index (χ0n) is 6.93. The van der Waals surface area contributed by atoms with Crippen LogP contribution in [0.2, 0.25) is 5.02 Å². The minimum absolute atomic E-state index is 0.0156. The molecule has 0 bridgehead atoms. The van der Waals surface area contributed by atoms with Gasteiger partial charge in [-0.2, -0.15) is 0 Å². The molecule has 2 N–H and O–H groups in total. The van der Waals surface area contributed by atoms with E-state index in [0.717, 1.165) is 0 Å².